The van der Waals surface area contributed by atoms with Crippen LogP contribution < -0.4 is 4.74 Å². The van der Waals surface area contributed by atoms with Gasteiger partial charge in [-0.25, -0.2) is 0 Å². The molecule has 1 aromatic heterocycles. The minimum Gasteiger partial charge on any atom is -0.497 e. The van der Waals surface area contributed by atoms with Crippen molar-refractivity contribution in [1.29, 1.82) is 0 Å². The summed E-state index contributed by atoms with van der Waals surface area (Å²) in [6, 6.07) is 9.43. The number of rotatable bonds is 5. The van der Waals surface area contributed by atoms with E-state index < -0.39 is 6.10 Å². The Morgan fingerprint density at radius 1 is 1.38 bits per heavy atom. The number of carbonyl (C=O) groups excluding carboxylic acids is 1. The van der Waals surface area contributed by atoms with E-state index in [2.05, 4.69) is 10.3 Å². The zero-order chi connectivity index (χ0) is 17.1. The highest BCUT2D eigenvalue weighted by Crippen LogP contribution is 2.20. The molecule has 0 fully saturated rings. The number of ether oxygens (including phenoxy) is 1. The van der Waals surface area contributed by atoms with E-state index in [1.54, 1.807) is 29.9 Å². The number of hydrogen-bond acceptors (Lipinski definition) is 5. The minimum atomic E-state index is -0.583. The molecule has 1 unspecified atom stereocenters. The molecule has 1 amide bonds. The molecular formula is C17H20N4O3. The van der Waals surface area contributed by atoms with E-state index in [0.29, 0.717) is 13.0 Å². The van der Waals surface area contributed by atoms with Crippen molar-refractivity contribution < 1.29 is 14.4 Å². The fraction of sp³-hybridized carbons (Fsp3) is 0.353. The second-order valence-corrected chi connectivity index (χ2v) is 5.71. The van der Waals surface area contributed by atoms with E-state index >= 15 is 0 Å². The van der Waals surface area contributed by atoms with Gasteiger partial charge in [-0.1, -0.05) is 5.16 Å². The Kier molecular flexibility index (Phi) is 4.50. The number of nitrogens with zero attached hydrogens (tertiary/aromatic N) is 4. The number of aryl methyl sites for hydroxylation is 1. The molecule has 24 heavy (non-hydrogen) atoms. The maximum absolute atomic E-state index is 12.5. The fourth-order valence-corrected chi connectivity index (χ4v) is 2.59. The molecule has 0 aliphatic carbocycles. The number of methoxy groups -OCH3 is 1. The van der Waals surface area contributed by atoms with Crippen LogP contribution in [0.2, 0.25) is 0 Å². The number of amides is 1. The molecule has 1 aliphatic heterocycles. The summed E-state index contributed by atoms with van der Waals surface area (Å²) in [6.07, 6.45) is 1.59. The van der Waals surface area contributed by atoms with Gasteiger partial charge in [0.15, 0.2) is 0 Å². The Labute approximate surface area is 140 Å². The average Bonchev–Trinajstić information content (AvgIpc) is 3.24. The topological polar surface area (TPSA) is 69.0 Å². The van der Waals surface area contributed by atoms with E-state index in [-0.39, 0.29) is 5.91 Å². The zero-order valence-corrected chi connectivity index (χ0v) is 14.0. The first-order chi connectivity index (χ1) is 11.6. The zero-order valence-electron chi connectivity index (χ0n) is 14.0. The van der Waals surface area contributed by atoms with Crippen molar-refractivity contribution >= 4 is 11.6 Å². The highest BCUT2D eigenvalue weighted by atomic mass is 16.6. The van der Waals surface area contributed by atoms with Gasteiger partial charge >= 0.3 is 0 Å². The van der Waals surface area contributed by atoms with Crippen LogP contribution in [0.1, 0.15) is 17.7 Å². The Morgan fingerprint density at radius 3 is 2.75 bits per heavy atom. The van der Waals surface area contributed by atoms with Gasteiger partial charge in [-0.2, -0.15) is 5.10 Å². The number of aromatic nitrogens is 2. The van der Waals surface area contributed by atoms with E-state index in [9.17, 15) is 4.79 Å². The molecule has 2 heterocycles. The number of likely N-dealkylation sites (N-methyl/N-ethyl adjacent to an activating group) is 1. The lowest BCUT2D eigenvalue weighted by Gasteiger charge is -2.19. The van der Waals surface area contributed by atoms with Crippen LogP contribution in [0.4, 0.5) is 0 Å². The summed E-state index contributed by atoms with van der Waals surface area (Å²) in [5.74, 6) is 0.685. The third kappa shape index (κ3) is 3.24. The lowest BCUT2D eigenvalue weighted by Crippen LogP contribution is -2.36. The molecule has 2 aromatic rings. The molecule has 1 aliphatic rings. The van der Waals surface area contributed by atoms with Crippen LogP contribution in [0.15, 0.2) is 41.7 Å². The maximum atomic E-state index is 12.5. The van der Waals surface area contributed by atoms with E-state index in [1.807, 2.05) is 37.4 Å². The van der Waals surface area contributed by atoms with Gasteiger partial charge < -0.3 is 14.5 Å². The Bertz CT molecular complexity index is 751. The lowest BCUT2D eigenvalue weighted by atomic mass is 10.0. The van der Waals surface area contributed by atoms with Crippen LogP contribution in [-0.2, 0) is 23.2 Å². The summed E-state index contributed by atoms with van der Waals surface area (Å²) in [5, 5.41) is 8.18. The molecule has 0 saturated heterocycles. The van der Waals surface area contributed by atoms with Crippen molar-refractivity contribution in [1.82, 2.24) is 14.7 Å². The number of oxime groups is 1. The SMILES string of the molecule is COc1ccc(C2=NOC(C(=O)N(C)Cc3ccnn3C)C2)cc1. The summed E-state index contributed by atoms with van der Waals surface area (Å²) in [4.78, 5) is 19.5. The van der Waals surface area contributed by atoms with Crippen molar-refractivity contribution in [3.63, 3.8) is 0 Å². The fourth-order valence-electron chi connectivity index (χ4n) is 2.59. The van der Waals surface area contributed by atoms with Gasteiger partial charge in [0.2, 0.25) is 6.10 Å². The monoisotopic (exact) mass is 328 g/mol. The summed E-state index contributed by atoms with van der Waals surface area (Å²) in [7, 11) is 5.23. The van der Waals surface area contributed by atoms with Crippen molar-refractivity contribution in [2.24, 2.45) is 12.2 Å². The van der Waals surface area contributed by atoms with Crippen LogP contribution in [-0.4, -0.2) is 46.6 Å². The van der Waals surface area contributed by atoms with Crippen LogP contribution >= 0.6 is 0 Å². The van der Waals surface area contributed by atoms with Crippen LogP contribution in [0.3, 0.4) is 0 Å². The average molecular weight is 328 g/mol. The highest BCUT2D eigenvalue weighted by molar-refractivity contribution is 6.04. The van der Waals surface area contributed by atoms with E-state index in [0.717, 1.165) is 22.7 Å². The predicted octanol–water partition coefficient (Wildman–Crippen LogP) is 1.58. The number of carbonyl (C=O) groups is 1. The van der Waals surface area contributed by atoms with Gasteiger partial charge in [-0.3, -0.25) is 9.48 Å². The van der Waals surface area contributed by atoms with Crippen molar-refractivity contribution in [3.8, 4) is 5.75 Å². The van der Waals surface area contributed by atoms with Gasteiger partial charge in [-0.05, 0) is 35.9 Å². The molecule has 7 heteroatoms. The molecule has 7 nitrogen and oxygen atoms in total. The van der Waals surface area contributed by atoms with Gasteiger partial charge in [0.1, 0.15) is 5.75 Å². The van der Waals surface area contributed by atoms with Crippen molar-refractivity contribution in [2.45, 2.75) is 19.1 Å². The molecule has 126 valence electrons. The van der Waals surface area contributed by atoms with Crippen molar-refractivity contribution in [2.75, 3.05) is 14.2 Å². The lowest BCUT2D eigenvalue weighted by molar-refractivity contribution is -0.141. The Hall–Kier alpha value is -2.83. The minimum absolute atomic E-state index is 0.0940. The maximum Gasteiger partial charge on any atom is 0.267 e. The standard InChI is InChI=1S/C17H20N4O3/c1-20(11-13-8-9-18-21(13)2)17(22)16-10-15(19-24-16)12-4-6-14(23-3)7-5-12/h4-9,16H,10-11H2,1-3H3. The second-order valence-electron chi connectivity index (χ2n) is 5.71. The molecule has 1 aromatic carbocycles. The first-order valence-corrected chi connectivity index (χ1v) is 7.67. The highest BCUT2D eigenvalue weighted by Gasteiger charge is 2.31. The van der Waals surface area contributed by atoms with Crippen LogP contribution in [0.25, 0.3) is 0 Å². The second kappa shape index (κ2) is 6.74. The third-order valence-electron chi connectivity index (χ3n) is 4.07. The molecule has 0 N–H and O–H groups in total. The van der Waals surface area contributed by atoms with E-state index in [4.69, 9.17) is 9.57 Å². The molecular weight excluding hydrogens is 308 g/mol. The summed E-state index contributed by atoms with van der Waals surface area (Å²) >= 11 is 0. The largest absolute Gasteiger partial charge is 0.497 e. The van der Waals surface area contributed by atoms with Crippen LogP contribution in [0, 0.1) is 0 Å². The first-order valence-electron chi connectivity index (χ1n) is 7.67. The van der Waals surface area contributed by atoms with Crippen LogP contribution in [0.5, 0.6) is 5.75 Å². The Morgan fingerprint density at radius 2 is 2.12 bits per heavy atom. The third-order valence-corrected chi connectivity index (χ3v) is 4.07. The molecule has 3 rings (SSSR count). The quantitative estimate of drug-likeness (QED) is 0.836. The smallest absolute Gasteiger partial charge is 0.267 e. The van der Waals surface area contributed by atoms with E-state index in [1.165, 1.54) is 0 Å². The van der Waals surface area contributed by atoms with Gasteiger partial charge in [0.05, 0.1) is 25.1 Å². The normalized spacial score (nSPS) is 16.5. The number of benzene rings is 1. The van der Waals surface area contributed by atoms with Gasteiger partial charge in [0, 0.05) is 26.7 Å². The van der Waals surface area contributed by atoms with Crippen molar-refractivity contribution in [3.05, 3.63) is 47.8 Å². The Balaban J connectivity index is 1.61. The molecule has 0 saturated carbocycles. The summed E-state index contributed by atoms with van der Waals surface area (Å²) in [6.45, 7) is 0.479. The van der Waals surface area contributed by atoms with Gasteiger partial charge in [0.25, 0.3) is 5.91 Å². The van der Waals surface area contributed by atoms with Gasteiger partial charge in [-0.15, -0.1) is 0 Å². The predicted molar refractivity (Wildman–Crippen MR) is 88.7 cm³/mol. The first kappa shape index (κ1) is 16.0. The molecule has 0 radical (unpaired) electrons. The number of hydrogen-bond donors (Lipinski definition) is 0. The molecule has 0 spiro atoms. The summed E-state index contributed by atoms with van der Waals surface area (Å²) < 4.78 is 6.89. The molecule has 1 atom stereocenters. The summed E-state index contributed by atoms with van der Waals surface area (Å²) in [5.41, 5.74) is 2.66. The molecule has 0 bridgehead atoms.